The van der Waals surface area contributed by atoms with Crippen molar-refractivity contribution >= 4 is 45.1 Å². The van der Waals surface area contributed by atoms with Crippen LogP contribution < -0.4 is 20.9 Å². The van der Waals surface area contributed by atoms with E-state index in [0.29, 0.717) is 21.7 Å². The van der Waals surface area contributed by atoms with Gasteiger partial charge in [-0.25, -0.2) is 0 Å². The van der Waals surface area contributed by atoms with E-state index in [2.05, 4.69) is 45.9 Å². The summed E-state index contributed by atoms with van der Waals surface area (Å²) >= 11 is 8.29. The average molecular weight is 450 g/mol. The second kappa shape index (κ2) is 10.0. The maximum absolute atomic E-state index is 12.1. The largest absolute Gasteiger partial charge is 0.484 e. The zero-order valence-corrected chi connectivity index (χ0v) is 17.3. The van der Waals surface area contributed by atoms with Crippen LogP contribution in [0.3, 0.4) is 0 Å². The highest BCUT2D eigenvalue weighted by Gasteiger charge is 2.11. The van der Waals surface area contributed by atoms with Gasteiger partial charge in [0.05, 0.1) is 5.56 Å². The molecule has 6 nitrogen and oxygen atoms in total. The molecule has 27 heavy (non-hydrogen) atoms. The van der Waals surface area contributed by atoms with E-state index in [0.717, 1.165) is 0 Å². The molecule has 0 aliphatic rings. The SMILES string of the molecule is CC(C)c1ccc(OCC(=O)NNC(=S)NC(=O)c2ccccc2Br)cc1. The van der Waals surface area contributed by atoms with Crippen molar-refractivity contribution in [3.8, 4) is 5.75 Å². The Bertz CT molecular complexity index is 825. The number of benzene rings is 2. The molecule has 0 spiro atoms. The molecule has 0 aliphatic carbocycles. The molecule has 0 fully saturated rings. The molecule has 0 radical (unpaired) electrons. The van der Waals surface area contributed by atoms with Gasteiger partial charge in [0.25, 0.3) is 11.8 Å². The lowest BCUT2D eigenvalue weighted by Crippen LogP contribution is -2.49. The summed E-state index contributed by atoms with van der Waals surface area (Å²) in [7, 11) is 0. The molecule has 0 saturated heterocycles. The van der Waals surface area contributed by atoms with Crippen LogP contribution in [0, 0.1) is 0 Å². The molecule has 3 N–H and O–H groups in total. The Morgan fingerprint density at radius 3 is 2.37 bits per heavy atom. The summed E-state index contributed by atoms with van der Waals surface area (Å²) in [5.74, 6) is 0.204. The molecule has 0 unspecified atom stereocenters. The molecule has 0 aromatic heterocycles. The van der Waals surface area contributed by atoms with E-state index in [1.807, 2.05) is 24.3 Å². The Balaban J connectivity index is 1.74. The topological polar surface area (TPSA) is 79.5 Å². The Morgan fingerprint density at radius 2 is 1.74 bits per heavy atom. The van der Waals surface area contributed by atoms with Gasteiger partial charge in [0.1, 0.15) is 5.75 Å². The molecule has 2 aromatic carbocycles. The van der Waals surface area contributed by atoms with Crippen molar-refractivity contribution in [1.82, 2.24) is 16.2 Å². The number of hydrazine groups is 1. The maximum Gasteiger partial charge on any atom is 0.276 e. The summed E-state index contributed by atoms with van der Waals surface area (Å²) in [5, 5.41) is 2.46. The van der Waals surface area contributed by atoms with Crippen molar-refractivity contribution in [2.45, 2.75) is 19.8 Å². The lowest BCUT2D eigenvalue weighted by Gasteiger charge is -2.12. The molecule has 2 aromatic rings. The summed E-state index contributed by atoms with van der Waals surface area (Å²) in [5.41, 5.74) is 6.47. The standard InChI is InChI=1S/C19H20BrN3O3S/c1-12(2)13-7-9-14(10-8-13)26-11-17(24)22-23-19(27)21-18(25)15-5-3-4-6-16(15)20/h3-10,12H,11H2,1-2H3,(H,22,24)(H2,21,23,25,27). The van der Waals surface area contributed by atoms with Crippen LogP contribution >= 0.6 is 28.1 Å². The van der Waals surface area contributed by atoms with Crippen molar-refractivity contribution in [1.29, 1.82) is 0 Å². The Kier molecular flexibility index (Phi) is 7.75. The molecule has 0 saturated carbocycles. The minimum Gasteiger partial charge on any atom is -0.484 e. The van der Waals surface area contributed by atoms with Crippen LogP contribution in [0.5, 0.6) is 5.75 Å². The van der Waals surface area contributed by atoms with Crippen LogP contribution in [0.2, 0.25) is 0 Å². The van der Waals surface area contributed by atoms with E-state index in [-0.39, 0.29) is 11.7 Å². The highest BCUT2D eigenvalue weighted by atomic mass is 79.9. The minimum atomic E-state index is -0.430. The van der Waals surface area contributed by atoms with Gasteiger partial charge >= 0.3 is 0 Å². The second-order valence-corrected chi connectivity index (χ2v) is 7.21. The highest BCUT2D eigenvalue weighted by Crippen LogP contribution is 2.18. The monoisotopic (exact) mass is 449 g/mol. The van der Waals surface area contributed by atoms with Crippen LogP contribution in [0.1, 0.15) is 35.7 Å². The number of halogens is 1. The van der Waals surface area contributed by atoms with E-state index in [1.54, 1.807) is 24.3 Å². The number of rotatable bonds is 5. The van der Waals surface area contributed by atoms with Crippen molar-refractivity contribution in [3.63, 3.8) is 0 Å². The Hall–Kier alpha value is -2.45. The van der Waals surface area contributed by atoms with Gasteiger partial charge in [-0.2, -0.15) is 0 Å². The second-order valence-electron chi connectivity index (χ2n) is 5.95. The van der Waals surface area contributed by atoms with E-state index >= 15 is 0 Å². The zero-order valence-electron chi connectivity index (χ0n) is 14.9. The summed E-state index contributed by atoms with van der Waals surface area (Å²) in [6.45, 7) is 4.02. The van der Waals surface area contributed by atoms with Gasteiger partial charge in [-0.3, -0.25) is 25.8 Å². The van der Waals surface area contributed by atoms with Gasteiger partial charge in [0, 0.05) is 4.47 Å². The van der Waals surface area contributed by atoms with Gasteiger partial charge in [-0.1, -0.05) is 38.1 Å². The van der Waals surface area contributed by atoms with Crippen molar-refractivity contribution < 1.29 is 14.3 Å². The number of nitrogens with one attached hydrogen (secondary N) is 3. The van der Waals surface area contributed by atoms with Gasteiger partial charge in [-0.05, 0) is 63.9 Å². The number of ether oxygens (including phenoxy) is 1. The molecule has 0 aliphatic heterocycles. The quantitative estimate of drug-likeness (QED) is 0.482. The lowest BCUT2D eigenvalue weighted by atomic mass is 10.0. The van der Waals surface area contributed by atoms with E-state index in [4.69, 9.17) is 17.0 Å². The summed E-state index contributed by atoms with van der Waals surface area (Å²) in [6, 6.07) is 14.5. The van der Waals surface area contributed by atoms with Crippen LogP contribution in [-0.2, 0) is 4.79 Å². The van der Waals surface area contributed by atoms with Crippen molar-refractivity contribution in [2.24, 2.45) is 0 Å². The molecule has 142 valence electrons. The number of amides is 2. The van der Waals surface area contributed by atoms with Gasteiger partial charge < -0.3 is 4.74 Å². The summed E-state index contributed by atoms with van der Waals surface area (Å²) in [6.07, 6.45) is 0. The first-order chi connectivity index (χ1) is 12.9. The van der Waals surface area contributed by atoms with E-state index in [1.165, 1.54) is 5.56 Å². The third-order valence-electron chi connectivity index (χ3n) is 3.58. The fourth-order valence-electron chi connectivity index (χ4n) is 2.11. The summed E-state index contributed by atoms with van der Waals surface area (Å²) in [4.78, 5) is 23.9. The fourth-order valence-corrected chi connectivity index (χ4v) is 2.72. The predicted octanol–water partition coefficient (Wildman–Crippen LogP) is 3.29. The van der Waals surface area contributed by atoms with Gasteiger partial charge in [0.2, 0.25) is 0 Å². The Morgan fingerprint density at radius 1 is 1.07 bits per heavy atom. The van der Waals surface area contributed by atoms with Gasteiger partial charge in [-0.15, -0.1) is 0 Å². The number of hydrogen-bond acceptors (Lipinski definition) is 4. The number of hydrogen-bond donors (Lipinski definition) is 3. The van der Waals surface area contributed by atoms with Crippen LogP contribution in [0.25, 0.3) is 0 Å². The summed E-state index contributed by atoms with van der Waals surface area (Å²) < 4.78 is 6.06. The molecule has 2 rings (SSSR count). The van der Waals surface area contributed by atoms with E-state index in [9.17, 15) is 9.59 Å². The molecule has 0 heterocycles. The third-order valence-corrected chi connectivity index (χ3v) is 4.47. The Labute approximate surface area is 171 Å². The fraction of sp³-hybridized carbons (Fsp3) is 0.211. The predicted molar refractivity (Wildman–Crippen MR) is 112 cm³/mol. The van der Waals surface area contributed by atoms with Crippen LogP contribution in [0.15, 0.2) is 53.0 Å². The van der Waals surface area contributed by atoms with Crippen LogP contribution in [-0.4, -0.2) is 23.5 Å². The van der Waals surface area contributed by atoms with Crippen LogP contribution in [0.4, 0.5) is 0 Å². The first kappa shape index (κ1) is 20.9. The molecular weight excluding hydrogens is 430 g/mol. The minimum absolute atomic E-state index is 0.0228. The molecular formula is C19H20BrN3O3S. The zero-order chi connectivity index (χ0) is 19.8. The molecule has 0 atom stereocenters. The number of thiocarbonyl (C=S) groups is 1. The first-order valence-corrected chi connectivity index (χ1v) is 9.44. The third kappa shape index (κ3) is 6.65. The van der Waals surface area contributed by atoms with Gasteiger partial charge in [0.15, 0.2) is 11.7 Å². The highest BCUT2D eigenvalue weighted by molar-refractivity contribution is 9.10. The number of carbonyl (C=O) groups excluding carboxylic acids is 2. The molecule has 2 amide bonds. The smallest absolute Gasteiger partial charge is 0.276 e. The number of carbonyl (C=O) groups is 2. The van der Waals surface area contributed by atoms with E-state index < -0.39 is 11.8 Å². The molecule has 0 bridgehead atoms. The lowest BCUT2D eigenvalue weighted by molar-refractivity contribution is -0.123. The van der Waals surface area contributed by atoms with Crippen molar-refractivity contribution in [2.75, 3.05) is 6.61 Å². The van der Waals surface area contributed by atoms with Crippen molar-refractivity contribution in [3.05, 3.63) is 64.1 Å². The first-order valence-electron chi connectivity index (χ1n) is 8.24. The molecule has 8 heteroatoms. The maximum atomic E-state index is 12.1. The normalized spacial score (nSPS) is 10.2. The average Bonchev–Trinajstić information content (AvgIpc) is 2.65.